The van der Waals surface area contributed by atoms with Crippen LogP contribution in [0.4, 0.5) is 0 Å². The lowest BCUT2D eigenvalue weighted by Crippen LogP contribution is -2.56. The van der Waals surface area contributed by atoms with Gasteiger partial charge < -0.3 is 20.5 Å². The Labute approximate surface area is 151 Å². The van der Waals surface area contributed by atoms with Gasteiger partial charge in [-0.25, -0.2) is 0 Å². The second kappa shape index (κ2) is 10.7. The fraction of sp³-hybridized carbons (Fsp3) is 0.933. The maximum atomic E-state index is 12.7. The number of carbonyl (C=O) groups is 1. The van der Waals surface area contributed by atoms with Crippen LogP contribution in [0.3, 0.4) is 0 Å². The molecule has 2 fully saturated rings. The lowest BCUT2D eigenvalue weighted by Gasteiger charge is -2.39. The van der Waals surface area contributed by atoms with Gasteiger partial charge in [0.05, 0.1) is 18.6 Å². The molecule has 0 radical (unpaired) electrons. The van der Waals surface area contributed by atoms with Gasteiger partial charge in [-0.15, -0.1) is 24.8 Å². The van der Waals surface area contributed by atoms with E-state index in [9.17, 15) is 4.79 Å². The molecule has 2 aliphatic rings. The quantitative estimate of drug-likeness (QED) is 0.747. The summed E-state index contributed by atoms with van der Waals surface area (Å²) in [7, 11) is 0. The minimum absolute atomic E-state index is 0. The highest BCUT2D eigenvalue weighted by Crippen LogP contribution is 2.29. The molecule has 0 aromatic rings. The minimum atomic E-state index is -0.447. The molecule has 0 aliphatic carbocycles. The number of morpholine rings is 1. The molecule has 0 aromatic carbocycles. The lowest BCUT2D eigenvalue weighted by molar-refractivity contribution is -0.137. The van der Waals surface area contributed by atoms with Gasteiger partial charge in [0.15, 0.2) is 0 Å². The number of halogens is 2. The number of hydrogen-bond acceptors (Lipinski definition) is 5. The first kappa shape index (κ1) is 22.9. The number of nitrogens with zero attached hydrogens (tertiary/aromatic N) is 1. The predicted octanol–water partition coefficient (Wildman–Crippen LogP) is 0.811. The summed E-state index contributed by atoms with van der Waals surface area (Å²) >= 11 is 0. The molecule has 138 valence electrons. The first-order valence-electron chi connectivity index (χ1n) is 8.00. The molecule has 2 heterocycles. The maximum absolute atomic E-state index is 12.7. The molecule has 2 aliphatic heterocycles. The monoisotopic (exact) mass is 371 g/mol. The van der Waals surface area contributed by atoms with E-state index in [1.165, 1.54) is 0 Å². The Morgan fingerprint density at radius 2 is 1.65 bits per heavy atom. The van der Waals surface area contributed by atoms with E-state index in [0.717, 1.165) is 26.3 Å². The van der Waals surface area contributed by atoms with Gasteiger partial charge >= 0.3 is 0 Å². The first-order valence-corrected chi connectivity index (χ1v) is 8.00. The summed E-state index contributed by atoms with van der Waals surface area (Å²) in [5, 5.41) is 3.18. The Balaban J connectivity index is 0.00000242. The van der Waals surface area contributed by atoms with Crippen LogP contribution in [-0.4, -0.2) is 69.0 Å². The van der Waals surface area contributed by atoms with E-state index in [1.54, 1.807) is 0 Å². The van der Waals surface area contributed by atoms with Gasteiger partial charge in [0.25, 0.3) is 0 Å². The van der Waals surface area contributed by atoms with Crippen molar-refractivity contribution in [3.63, 3.8) is 0 Å². The summed E-state index contributed by atoms with van der Waals surface area (Å²) in [6, 6.07) is 0.398. The molecule has 3 N–H and O–H groups in total. The third-order valence-corrected chi connectivity index (χ3v) is 5.03. The molecule has 0 spiro atoms. The fourth-order valence-electron chi connectivity index (χ4n) is 3.07. The average Bonchev–Trinajstić information content (AvgIpc) is 2.55. The SMILES string of the molecule is CC(NC(=O)C1(CN)CCOCC1)C(C)N1CCOCC1.Cl.Cl. The van der Waals surface area contributed by atoms with Crippen molar-refractivity contribution in [3.05, 3.63) is 0 Å². The molecule has 6 nitrogen and oxygen atoms in total. The maximum Gasteiger partial charge on any atom is 0.227 e. The highest BCUT2D eigenvalue weighted by atomic mass is 35.5. The minimum Gasteiger partial charge on any atom is -0.381 e. The summed E-state index contributed by atoms with van der Waals surface area (Å²) in [6.45, 7) is 9.27. The molecule has 0 aromatic heterocycles. The van der Waals surface area contributed by atoms with Gasteiger partial charge in [0, 0.05) is 44.9 Å². The molecule has 1 amide bonds. The zero-order chi connectivity index (χ0) is 15.3. The third kappa shape index (κ3) is 5.73. The van der Waals surface area contributed by atoms with Crippen molar-refractivity contribution in [1.29, 1.82) is 0 Å². The van der Waals surface area contributed by atoms with E-state index in [4.69, 9.17) is 15.2 Å². The van der Waals surface area contributed by atoms with Gasteiger partial charge in [-0.05, 0) is 26.7 Å². The number of rotatable bonds is 5. The van der Waals surface area contributed by atoms with E-state index in [1.807, 2.05) is 0 Å². The highest BCUT2D eigenvalue weighted by Gasteiger charge is 2.39. The molecule has 2 atom stereocenters. The average molecular weight is 372 g/mol. The molecule has 2 rings (SSSR count). The van der Waals surface area contributed by atoms with Gasteiger partial charge in [0.1, 0.15) is 0 Å². The van der Waals surface area contributed by atoms with Crippen molar-refractivity contribution in [2.24, 2.45) is 11.1 Å². The number of amides is 1. The van der Waals surface area contributed by atoms with Gasteiger partial charge in [-0.1, -0.05) is 0 Å². The lowest BCUT2D eigenvalue weighted by atomic mass is 9.79. The van der Waals surface area contributed by atoms with Crippen molar-refractivity contribution in [2.75, 3.05) is 46.1 Å². The van der Waals surface area contributed by atoms with E-state index in [0.29, 0.717) is 38.6 Å². The molecule has 23 heavy (non-hydrogen) atoms. The van der Waals surface area contributed by atoms with Gasteiger partial charge in [-0.3, -0.25) is 9.69 Å². The second-order valence-corrected chi connectivity index (χ2v) is 6.25. The van der Waals surface area contributed by atoms with Crippen LogP contribution in [-0.2, 0) is 14.3 Å². The van der Waals surface area contributed by atoms with Crippen LogP contribution in [0.25, 0.3) is 0 Å². The zero-order valence-electron chi connectivity index (χ0n) is 14.1. The topological polar surface area (TPSA) is 76.8 Å². The van der Waals surface area contributed by atoms with Crippen LogP contribution in [0.5, 0.6) is 0 Å². The summed E-state index contributed by atoms with van der Waals surface area (Å²) in [4.78, 5) is 15.0. The summed E-state index contributed by atoms with van der Waals surface area (Å²) < 4.78 is 10.7. The molecular weight excluding hydrogens is 341 g/mol. The van der Waals surface area contributed by atoms with Crippen molar-refractivity contribution in [1.82, 2.24) is 10.2 Å². The van der Waals surface area contributed by atoms with Crippen molar-refractivity contribution >= 4 is 30.7 Å². The van der Waals surface area contributed by atoms with Crippen LogP contribution in [0.15, 0.2) is 0 Å². The van der Waals surface area contributed by atoms with Crippen LogP contribution >= 0.6 is 24.8 Å². The molecule has 0 bridgehead atoms. The molecular formula is C15H31Cl2N3O3. The Bertz CT molecular complexity index is 349. The molecule has 2 unspecified atom stereocenters. The number of hydrogen-bond donors (Lipinski definition) is 2. The molecule has 0 saturated carbocycles. The van der Waals surface area contributed by atoms with Crippen LogP contribution in [0.1, 0.15) is 26.7 Å². The van der Waals surface area contributed by atoms with Crippen LogP contribution in [0.2, 0.25) is 0 Å². The standard InChI is InChI=1S/C15H29N3O3.2ClH/c1-12(13(2)18-5-9-21-10-6-18)17-14(19)15(11-16)3-7-20-8-4-15;;/h12-13H,3-11,16H2,1-2H3,(H,17,19);2*1H. The van der Waals surface area contributed by atoms with Crippen molar-refractivity contribution < 1.29 is 14.3 Å². The summed E-state index contributed by atoms with van der Waals surface area (Å²) in [5.41, 5.74) is 5.44. The molecule has 8 heteroatoms. The largest absolute Gasteiger partial charge is 0.381 e. The number of nitrogens with one attached hydrogen (secondary N) is 1. The van der Waals surface area contributed by atoms with Gasteiger partial charge in [0.2, 0.25) is 5.91 Å². The Kier molecular flexibility index (Phi) is 10.6. The van der Waals surface area contributed by atoms with E-state index in [-0.39, 0.29) is 36.8 Å². The van der Waals surface area contributed by atoms with Crippen molar-refractivity contribution in [3.8, 4) is 0 Å². The second-order valence-electron chi connectivity index (χ2n) is 6.25. The Morgan fingerprint density at radius 3 is 2.17 bits per heavy atom. The smallest absolute Gasteiger partial charge is 0.227 e. The first-order chi connectivity index (χ1) is 10.1. The number of ether oxygens (including phenoxy) is 2. The number of nitrogens with two attached hydrogens (primary N) is 1. The zero-order valence-corrected chi connectivity index (χ0v) is 15.7. The summed E-state index contributed by atoms with van der Waals surface area (Å²) in [5.74, 6) is 0.0842. The van der Waals surface area contributed by atoms with E-state index in [2.05, 4.69) is 24.1 Å². The van der Waals surface area contributed by atoms with Crippen LogP contribution in [0, 0.1) is 5.41 Å². The molecule has 2 saturated heterocycles. The summed E-state index contributed by atoms with van der Waals surface area (Å²) in [6.07, 6.45) is 1.43. The van der Waals surface area contributed by atoms with Crippen LogP contribution < -0.4 is 11.1 Å². The fourth-order valence-corrected chi connectivity index (χ4v) is 3.07. The highest BCUT2D eigenvalue weighted by molar-refractivity contribution is 5.85. The Hall–Kier alpha value is -0.110. The number of carbonyl (C=O) groups excluding carboxylic acids is 1. The normalized spacial score (nSPS) is 23.8. The Morgan fingerprint density at radius 1 is 1.13 bits per heavy atom. The van der Waals surface area contributed by atoms with E-state index >= 15 is 0 Å². The predicted molar refractivity (Wildman–Crippen MR) is 95.5 cm³/mol. The van der Waals surface area contributed by atoms with E-state index < -0.39 is 5.41 Å². The van der Waals surface area contributed by atoms with Crippen molar-refractivity contribution in [2.45, 2.75) is 38.8 Å². The van der Waals surface area contributed by atoms with Gasteiger partial charge in [-0.2, -0.15) is 0 Å². The third-order valence-electron chi connectivity index (χ3n) is 5.03.